The minimum atomic E-state index is -4.26. The van der Waals surface area contributed by atoms with Crippen LogP contribution in [0.1, 0.15) is 24.6 Å². The molecule has 3 aromatic heterocycles. The third-order valence-corrected chi connectivity index (χ3v) is 7.27. The Balaban J connectivity index is 1.79. The Bertz CT molecular complexity index is 1460. The summed E-state index contributed by atoms with van der Waals surface area (Å²) >= 11 is 0. The van der Waals surface area contributed by atoms with E-state index in [9.17, 15) is 13.5 Å². The number of para-hydroxylation sites is 1. The van der Waals surface area contributed by atoms with Crippen LogP contribution in [0.15, 0.2) is 47.1 Å². The summed E-state index contributed by atoms with van der Waals surface area (Å²) in [6.45, 7) is 3.09. The van der Waals surface area contributed by atoms with Crippen molar-refractivity contribution in [3.8, 4) is 34.5 Å². The Kier molecular flexibility index (Phi) is 7.31. The number of nitrogens with zero attached hydrogens (tertiary/aromatic N) is 5. The molecule has 0 saturated heterocycles. The van der Waals surface area contributed by atoms with Crippen molar-refractivity contribution in [1.82, 2.24) is 24.7 Å². The highest BCUT2D eigenvalue weighted by molar-refractivity contribution is 7.93. The smallest absolute Gasteiger partial charge is 0.243 e. The lowest BCUT2D eigenvalue weighted by Gasteiger charge is -2.20. The number of anilines is 1. The molecule has 0 unspecified atom stereocenters. The molecular formula is C23H26N6O7S. The first-order valence-corrected chi connectivity index (χ1v) is 12.5. The summed E-state index contributed by atoms with van der Waals surface area (Å²) in [5, 5.41) is 17.6. The fraction of sp³-hybridized carbons (Fsp3) is 0.304. The molecule has 1 aromatic carbocycles. The van der Waals surface area contributed by atoms with Crippen molar-refractivity contribution >= 4 is 16.0 Å². The van der Waals surface area contributed by atoms with Crippen LogP contribution in [0.5, 0.6) is 17.2 Å². The molecule has 2 N–H and O–H groups in total. The number of rotatable bonds is 10. The van der Waals surface area contributed by atoms with Gasteiger partial charge in [-0.25, -0.2) is 18.4 Å². The molecule has 13 nitrogen and oxygen atoms in total. The van der Waals surface area contributed by atoms with Gasteiger partial charge in [-0.1, -0.05) is 6.07 Å². The number of aryl methyl sites for hydroxylation is 1. The summed E-state index contributed by atoms with van der Waals surface area (Å²) in [6.07, 6.45) is 1.12. The van der Waals surface area contributed by atoms with Crippen LogP contribution in [0.2, 0.25) is 0 Å². The maximum Gasteiger partial charge on any atom is 0.243 e. The third kappa shape index (κ3) is 5.06. The van der Waals surface area contributed by atoms with Gasteiger partial charge in [0, 0.05) is 0 Å². The molecule has 0 aliphatic heterocycles. The molecule has 0 fully saturated rings. The monoisotopic (exact) mass is 530 g/mol. The zero-order valence-corrected chi connectivity index (χ0v) is 21.6. The van der Waals surface area contributed by atoms with Crippen molar-refractivity contribution in [2.45, 2.75) is 25.2 Å². The van der Waals surface area contributed by atoms with Gasteiger partial charge in [0.2, 0.25) is 21.8 Å². The van der Waals surface area contributed by atoms with Crippen molar-refractivity contribution in [2.24, 2.45) is 0 Å². The summed E-state index contributed by atoms with van der Waals surface area (Å²) in [5.74, 6) is 1.98. The van der Waals surface area contributed by atoms with Gasteiger partial charge in [0.1, 0.15) is 34.3 Å². The van der Waals surface area contributed by atoms with Crippen LogP contribution in [-0.2, 0) is 10.0 Å². The fourth-order valence-corrected chi connectivity index (χ4v) is 4.55. The van der Waals surface area contributed by atoms with Crippen LogP contribution >= 0.6 is 0 Å². The molecule has 37 heavy (non-hydrogen) atoms. The lowest BCUT2D eigenvalue weighted by molar-refractivity contribution is 0.166. The molecule has 0 spiro atoms. The summed E-state index contributed by atoms with van der Waals surface area (Å²) in [7, 11) is 0.122. The summed E-state index contributed by atoms with van der Waals surface area (Å²) in [4.78, 5) is 7.98. The number of nitrogens with one attached hydrogen (secondary N) is 1. The van der Waals surface area contributed by atoms with Gasteiger partial charge in [0.25, 0.3) is 0 Å². The van der Waals surface area contributed by atoms with Gasteiger partial charge in [-0.2, -0.15) is 0 Å². The first-order chi connectivity index (χ1) is 17.7. The molecule has 196 valence electrons. The Morgan fingerprint density at radius 3 is 2.19 bits per heavy atom. The molecule has 3 heterocycles. The molecule has 4 rings (SSSR count). The van der Waals surface area contributed by atoms with E-state index in [4.69, 9.17) is 18.6 Å². The second kappa shape index (κ2) is 10.4. The molecule has 0 aliphatic rings. The van der Waals surface area contributed by atoms with E-state index in [2.05, 4.69) is 24.9 Å². The van der Waals surface area contributed by atoms with E-state index >= 15 is 0 Å². The van der Waals surface area contributed by atoms with Gasteiger partial charge in [-0.05, 0) is 38.1 Å². The maximum absolute atomic E-state index is 13.4. The van der Waals surface area contributed by atoms with Crippen LogP contribution in [0.3, 0.4) is 0 Å². The lowest BCUT2D eigenvalue weighted by atomic mass is 10.2. The lowest BCUT2D eigenvalue weighted by Crippen LogP contribution is -2.32. The predicted octanol–water partition coefficient (Wildman–Crippen LogP) is 2.52. The normalized spacial score (nSPS) is 13.1. The summed E-state index contributed by atoms with van der Waals surface area (Å²) in [6, 6.07) is 8.51. The highest BCUT2D eigenvalue weighted by atomic mass is 32.2. The number of hydrogen-bond donors (Lipinski definition) is 2. The second-order valence-corrected chi connectivity index (χ2v) is 9.92. The van der Waals surface area contributed by atoms with Crippen LogP contribution < -0.4 is 18.9 Å². The number of ether oxygens (including phenoxy) is 3. The largest absolute Gasteiger partial charge is 0.494 e. The third-order valence-electron chi connectivity index (χ3n) is 5.57. The van der Waals surface area contributed by atoms with Crippen LogP contribution in [-0.4, -0.2) is 64.8 Å². The van der Waals surface area contributed by atoms with Crippen LogP contribution in [0, 0.1) is 6.92 Å². The van der Waals surface area contributed by atoms with E-state index in [0.717, 1.165) is 0 Å². The van der Waals surface area contributed by atoms with E-state index in [1.807, 2.05) is 0 Å². The zero-order valence-electron chi connectivity index (χ0n) is 20.7. The SMILES string of the molecule is COc1cnc([C@H](O)[C@@H](C)S(=O)(=O)Nc2nnc(-c3ccc(C)o3)n2-c2c(OC)cccc2OC)nc1. The fourth-order valence-electron chi connectivity index (χ4n) is 3.51. The maximum atomic E-state index is 13.4. The van der Waals surface area contributed by atoms with Gasteiger partial charge in [0.15, 0.2) is 17.3 Å². The number of aromatic nitrogens is 5. The zero-order chi connectivity index (χ0) is 26.7. The van der Waals surface area contributed by atoms with Crippen LogP contribution in [0.25, 0.3) is 17.3 Å². The van der Waals surface area contributed by atoms with E-state index in [-0.39, 0.29) is 17.6 Å². The average molecular weight is 531 g/mol. The molecule has 4 aromatic rings. The first kappa shape index (κ1) is 25.9. The number of aliphatic hydroxyl groups excluding tert-OH is 1. The molecular weight excluding hydrogens is 504 g/mol. The minimum Gasteiger partial charge on any atom is -0.494 e. The Labute approximate surface area is 213 Å². The summed E-state index contributed by atoms with van der Waals surface area (Å²) in [5.41, 5.74) is 0.339. The van der Waals surface area contributed by atoms with E-state index < -0.39 is 21.4 Å². The first-order valence-electron chi connectivity index (χ1n) is 11.0. The Morgan fingerprint density at radius 1 is 1.00 bits per heavy atom. The van der Waals surface area contributed by atoms with E-state index in [1.54, 1.807) is 37.3 Å². The van der Waals surface area contributed by atoms with Gasteiger partial charge < -0.3 is 23.7 Å². The number of hydrogen-bond acceptors (Lipinski definition) is 11. The van der Waals surface area contributed by atoms with Crippen molar-refractivity contribution in [1.29, 1.82) is 0 Å². The highest BCUT2D eigenvalue weighted by Gasteiger charge is 2.34. The van der Waals surface area contributed by atoms with Crippen molar-refractivity contribution in [3.63, 3.8) is 0 Å². The van der Waals surface area contributed by atoms with Crippen molar-refractivity contribution < 1.29 is 32.2 Å². The molecule has 14 heteroatoms. The van der Waals surface area contributed by atoms with Crippen molar-refractivity contribution in [2.75, 3.05) is 26.1 Å². The average Bonchev–Trinajstić information content (AvgIpc) is 3.52. The van der Waals surface area contributed by atoms with E-state index in [0.29, 0.717) is 34.5 Å². The number of methoxy groups -OCH3 is 3. The molecule has 2 atom stereocenters. The molecule has 0 amide bonds. The van der Waals surface area contributed by atoms with E-state index in [1.165, 1.54) is 45.2 Å². The second-order valence-electron chi connectivity index (χ2n) is 7.88. The number of benzene rings is 1. The Morgan fingerprint density at radius 2 is 1.65 bits per heavy atom. The van der Waals surface area contributed by atoms with Gasteiger partial charge in [-0.3, -0.25) is 9.29 Å². The number of sulfonamides is 1. The quantitative estimate of drug-likeness (QED) is 0.309. The molecule has 0 aliphatic carbocycles. The predicted molar refractivity (Wildman–Crippen MR) is 132 cm³/mol. The number of aliphatic hydroxyl groups is 1. The van der Waals surface area contributed by atoms with Crippen LogP contribution in [0.4, 0.5) is 5.95 Å². The van der Waals surface area contributed by atoms with Gasteiger partial charge in [-0.15, -0.1) is 10.2 Å². The Hall–Kier alpha value is -4.17. The van der Waals surface area contributed by atoms with Gasteiger partial charge in [0.05, 0.1) is 33.7 Å². The summed E-state index contributed by atoms with van der Waals surface area (Å²) < 4.78 is 52.4. The molecule has 0 saturated carbocycles. The highest BCUT2D eigenvalue weighted by Crippen LogP contribution is 2.38. The van der Waals surface area contributed by atoms with Crippen molar-refractivity contribution in [3.05, 3.63) is 54.3 Å². The topological polar surface area (TPSA) is 164 Å². The van der Waals surface area contributed by atoms with Gasteiger partial charge >= 0.3 is 0 Å². The molecule has 0 bridgehead atoms. The minimum absolute atomic E-state index is 0.0849. The standard InChI is InChI=1S/C23H26N6O7S/c1-13-9-10-18(36-13)22-26-27-23(29(22)19-16(34-4)7-6-8-17(19)35-5)28-37(31,32)14(2)20(30)21-24-11-15(33-3)12-25-21/h6-12,14,20,30H,1-5H3,(H,27,28)/t14-,20-/m1/s1. The molecule has 0 radical (unpaired) electrons. The number of furan rings is 1.